The summed E-state index contributed by atoms with van der Waals surface area (Å²) in [6, 6.07) is 24.5. The van der Waals surface area contributed by atoms with Crippen LogP contribution in [0.3, 0.4) is 0 Å². The molecule has 1 heterocycles. The van der Waals surface area contributed by atoms with Crippen LogP contribution >= 0.6 is 0 Å². The molecule has 1 unspecified atom stereocenters. The van der Waals surface area contributed by atoms with Crippen molar-refractivity contribution >= 4 is 30.3 Å². The number of nitrogens with zero attached hydrogens (tertiary/aromatic N) is 1. The van der Waals surface area contributed by atoms with Gasteiger partial charge in [-0.25, -0.2) is 4.39 Å². The van der Waals surface area contributed by atoms with Gasteiger partial charge >= 0.3 is 0 Å². The number of benzene rings is 3. The summed E-state index contributed by atoms with van der Waals surface area (Å²) < 4.78 is 21.9. The third-order valence-electron chi connectivity index (χ3n) is 8.19. The van der Waals surface area contributed by atoms with Crippen molar-refractivity contribution in [2.75, 3.05) is 31.6 Å². The van der Waals surface area contributed by atoms with Crippen molar-refractivity contribution in [3.05, 3.63) is 89.7 Å². The van der Waals surface area contributed by atoms with Crippen molar-refractivity contribution in [1.29, 1.82) is 0 Å². The number of rotatable bonds is 8. The minimum absolute atomic E-state index is 0.0111. The van der Waals surface area contributed by atoms with Crippen molar-refractivity contribution < 1.29 is 18.7 Å². The van der Waals surface area contributed by atoms with E-state index in [2.05, 4.69) is 79.5 Å². The highest BCUT2D eigenvalue weighted by atomic mass is 28.4. The summed E-state index contributed by atoms with van der Waals surface area (Å²) in [5, 5.41) is 14.8. The Bertz CT molecular complexity index is 1260. The normalized spacial score (nSPS) is 19.7. The van der Waals surface area contributed by atoms with Gasteiger partial charge in [-0.15, -0.1) is 0 Å². The largest absolute Gasteiger partial charge is 0.403 e. The Morgan fingerprint density at radius 3 is 2.28 bits per heavy atom. The smallest absolute Gasteiger partial charge is 0.261 e. The van der Waals surface area contributed by atoms with Gasteiger partial charge in [-0.05, 0) is 63.9 Å². The van der Waals surface area contributed by atoms with Gasteiger partial charge in [0.05, 0.1) is 12.6 Å². The van der Waals surface area contributed by atoms with Crippen LogP contribution in [0.2, 0.25) is 5.04 Å². The van der Waals surface area contributed by atoms with Crippen LogP contribution in [0.4, 0.5) is 10.1 Å². The molecule has 0 bridgehead atoms. The van der Waals surface area contributed by atoms with E-state index < -0.39 is 8.32 Å². The Kier molecular flexibility index (Phi) is 8.05. The van der Waals surface area contributed by atoms with E-state index in [0.29, 0.717) is 30.6 Å². The molecule has 1 aliphatic carbocycles. The number of amides is 1. The van der Waals surface area contributed by atoms with E-state index in [9.17, 15) is 14.3 Å². The number of halogens is 1. The average molecular weight is 547 g/mol. The van der Waals surface area contributed by atoms with Crippen molar-refractivity contribution in [1.82, 2.24) is 4.90 Å². The molecule has 5 rings (SSSR count). The first kappa shape index (κ1) is 27.7. The lowest BCUT2D eigenvalue weighted by Crippen LogP contribution is -2.67. The number of hydrogen-bond acceptors (Lipinski definition) is 4. The first-order valence-electron chi connectivity index (χ1n) is 13.9. The summed E-state index contributed by atoms with van der Waals surface area (Å²) in [5.74, 6) is -0.409. The summed E-state index contributed by atoms with van der Waals surface area (Å²) in [7, 11) is -2.66. The van der Waals surface area contributed by atoms with Crippen LogP contribution in [0.25, 0.3) is 0 Å². The summed E-state index contributed by atoms with van der Waals surface area (Å²) in [6.45, 7) is 8.55. The topological polar surface area (TPSA) is 61.8 Å². The molecule has 206 valence electrons. The first-order valence-corrected chi connectivity index (χ1v) is 15.8. The lowest BCUT2D eigenvalue weighted by atomic mass is 10.1. The summed E-state index contributed by atoms with van der Waals surface area (Å²) in [6.07, 6.45) is 2.05. The third-order valence-corrected chi connectivity index (χ3v) is 13.3. The number of fused-ring (bicyclic) bond motifs is 1. The zero-order valence-electron chi connectivity index (χ0n) is 23.1. The van der Waals surface area contributed by atoms with Gasteiger partial charge in [0, 0.05) is 25.4 Å². The molecule has 1 saturated heterocycles. The van der Waals surface area contributed by atoms with Gasteiger partial charge in [-0.1, -0.05) is 81.4 Å². The summed E-state index contributed by atoms with van der Waals surface area (Å²) in [4.78, 5) is 15.1. The lowest BCUT2D eigenvalue weighted by Gasteiger charge is -2.44. The monoisotopic (exact) mass is 546 g/mol. The van der Waals surface area contributed by atoms with Crippen LogP contribution in [0.1, 0.15) is 38.3 Å². The van der Waals surface area contributed by atoms with Crippen molar-refractivity contribution in [2.24, 2.45) is 5.92 Å². The molecule has 2 N–H and O–H groups in total. The molecular formula is C32H39FN2O3Si. The van der Waals surface area contributed by atoms with Crippen LogP contribution in [0.15, 0.2) is 72.8 Å². The van der Waals surface area contributed by atoms with Gasteiger partial charge < -0.3 is 14.8 Å². The van der Waals surface area contributed by atoms with E-state index in [0.717, 1.165) is 18.5 Å². The number of aliphatic hydroxyl groups excluding tert-OH is 1. The van der Waals surface area contributed by atoms with Gasteiger partial charge in [0.15, 0.2) is 0 Å². The Hall–Kier alpha value is -2.84. The maximum atomic E-state index is 14.6. The minimum Gasteiger partial charge on any atom is -0.403 e. The molecule has 1 amide bonds. The van der Waals surface area contributed by atoms with E-state index >= 15 is 0 Å². The predicted octanol–water partition coefficient (Wildman–Crippen LogP) is 4.12. The fraction of sp³-hybridized carbons (Fsp3) is 0.406. The Labute approximate surface area is 232 Å². The molecule has 0 spiro atoms. The zero-order chi connectivity index (χ0) is 27.6. The number of anilines is 1. The quantitative estimate of drug-likeness (QED) is 0.418. The molecule has 0 aromatic heterocycles. The molecule has 5 nitrogen and oxygen atoms in total. The summed E-state index contributed by atoms with van der Waals surface area (Å²) in [5.41, 5.74) is 2.02. The number of hydrogen-bond donors (Lipinski definition) is 2. The van der Waals surface area contributed by atoms with Crippen LogP contribution in [-0.2, 0) is 22.1 Å². The molecule has 0 saturated carbocycles. The van der Waals surface area contributed by atoms with Crippen LogP contribution in [-0.4, -0.2) is 56.6 Å². The molecule has 0 radical (unpaired) electrons. The number of carbonyl (C=O) groups excluding carboxylic acids is 1. The maximum absolute atomic E-state index is 14.6. The van der Waals surface area contributed by atoms with E-state index in [1.165, 1.54) is 16.4 Å². The molecular weight excluding hydrogens is 507 g/mol. The highest BCUT2D eigenvalue weighted by Crippen LogP contribution is 2.38. The summed E-state index contributed by atoms with van der Waals surface area (Å²) >= 11 is 0. The van der Waals surface area contributed by atoms with E-state index in [1.807, 2.05) is 18.2 Å². The number of nitrogens with one attached hydrogen (secondary N) is 1. The van der Waals surface area contributed by atoms with Crippen LogP contribution < -0.4 is 15.7 Å². The Balaban J connectivity index is 1.29. The highest BCUT2D eigenvalue weighted by Gasteiger charge is 2.52. The van der Waals surface area contributed by atoms with E-state index in [1.54, 1.807) is 0 Å². The predicted molar refractivity (Wildman–Crippen MR) is 157 cm³/mol. The highest BCUT2D eigenvalue weighted by molar-refractivity contribution is 6.99. The maximum Gasteiger partial charge on any atom is 0.261 e. The second-order valence-corrected chi connectivity index (χ2v) is 16.3. The van der Waals surface area contributed by atoms with Crippen molar-refractivity contribution in [3.8, 4) is 0 Å². The van der Waals surface area contributed by atoms with Gasteiger partial charge in [-0.2, -0.15) is 0 Å². The number of aliphatic hydroxyl groups is 1. The average Bonchev–Trinajstić information content (AvgIpc) is 3.54. The molecule has 1 fully saturated rings. The standard InChI is InChI=1S/C32H39FN2O3Si/c1-32(2,3)39(27-10-6-4-7-11-27,28-12-8-5-9-13-28)38-26-14-15-35(20-26)21-31(37)34-25-18-24-16-23(22-36)17-29(24)30(33)19-25/h4-13,18-19,23,26,36H,14-17,20-22H2,1-3H3,(H,34,37)/t23?,26-/m1/s1. The number of carbonyl (C=O) groups is 1. The van der Waals surface area contributed by atoms with Gasteiger partial charge in [0.2, 0.25) is 5.91 Å². The van der Waals surface area contributed by atoms with Gasteiger partial charge in [0.25, 0.3) is 8.32 Å². The molecule has 1 aliphatic heterocycles. The molecule has 2 aliphatic rings. The van der Waals surface area contributed by atoms with Crippen LogP contribution in [0.5, 0.6) is 0 Å². The molecule has 39 heavy (non-hydrogen) atoms. The Morgan fingerprint density at radius 1 is 1.05 bits per heavy atom. The first-order chi connectivity index (χ1) is 18.7. The fourth-order valence-corrected chi connectivity index (χ4v) is 11.1. The molecule has 2 atom stereocenters. The lowest BCUT2D eigenvalue weighted by molar-refractivity contribution is -0.117. The Morgan fingerprint density at radius 2 is 1.69 bits per heavy atom. The molecule has 7 heteroatoms. The minimum atomic E-state index is -2.66. The van der Waals surface area contributed by atoms with E-state index in [-0.39, 0.29) is 41.9 Å². The van der Waals surface area contributed by atoms with Crippen molar-refractivity contribution in [3.63, 3.8) is 0 Å². The fourth-order valence-electron chi connectivity index (χ4n) is 6.36. The second kappa shape index (κ2) is 11.3. The van der Waals surface area contributed by atoms with Gasteiger partial charge in [-0.3, -0.25) is 9.69 Å². The third kappa shape index (κ3) is 5.73. The van der Waals surface area contributed by atoms with Crippen LogP contribution in [0, 0.1) is 11.7 Å². The van der Waals surface area contributed by atoms with Crippen molar-refractivity contribution in [2.45, 2.75) is 51.2 Å². The van der Waals surface area contributed by atoms with Gasteiger partial charge in [0.1, 0.15) is 5.82 Å². The molecule has 3 aromatic carbocycles. The second-order valence-electron chi connectivity index (χ2n) is 12.0. The van der Waals surface area contributed by atoms with E-state index in [4.69, 9.17) is 4.43 Å². The molecule has 3 aromatic rings. The number of likely N-dealkylation sites (tertiary alicyclic amines) is 1. The SMILES string of the molecule is CC(C)(C)[Si](O[C@@H]1CCN(CC(=O)Nc2cc(F)c3c(c2)CC(CO)C3)C1)(c1ccccc1)c1ccccc1. The zero-order valence-corrected chi connectivity index (χ0v) is 24.1.